The number of unbranched alkanes of at least 4 members (excludes halogenated alkanes) is 1. The molecular weight excluding hydrogens is 378 g/mol. The van der Waals surface area contributed by atoms with Gasteiger partial charge in [0.1, 0.15) is 24.4 Å². The first-order valence-electron chi connectivity index (χ1n) is 9.06. The molecule has 2 unspecified atom stereocenters. The molecule has 0 N–H and O–H groups in total. The van der Waals surface area contributed by atoms with Crippen LogP contribution in [-0.2, 0) is 23.9 Å². The van der Waals surface area contributed by atoms with Gasteiger partial charge in [-0.15, -0.1) is 15.0 Å². The molecule has 2 atom stereocenters. The molecule has 160 valence electrons. The van der Waals surface area contributed by atoms with E-state index in [1.165, 1.54) is 4.90 Å². The molecule has 0 aromatic carbocycles. The third-order valence-corrected chi connectivity index (χ3v) is 3.87. The van der Waals surface area contributed by atoms with Crippen LogP contribution in [0.1, 0.15) is 52.9 Å². The molecule has 1 fully saturated rings. The van der Waals surface area contributed by atoms with Crippen molar-refractivity contribution in [3.63, 3.8) is 0 Å². The number of nitrogens with zero attached hydrogens (tertiary/aromatic N) is 3. The minimum atomic E-state index is -0.968. The van der Waals surface area contributed by atoms with E-state index in [1.807, 2.05) is 0 Å². The maximum absolute atomic E-state index is 12.3. The van der Waals surface area contributed by atoms with Gasteiger partial charge in [0.25, 0.3) is 5.09 Å². The molecule has 12 heteroatoms. The Morgan fingerprint density at radius 3 is 2.64 bits per heavy atom. The van der Waals surface area contributed by atoms with Crippen molar-refractivity contribution in [2.45, 2.75) is 70.6 Å². The van der Waals surface area contributed by atoms with Crippen LogP contribution in [0, 0.1) is 15.0 Å². The molecule has 0 radical (unpaired) electrons. The zero-order chi connectivity index (χ0) is 21.2. The van der Waals surface area contributed by atoms with E-state index in [0.717, 1.165) is 0 Å². The number of hydrogen-bond acceptors (Lipinski definition) is 10. The highest BCUT2D eigenvalue weighted by molar-refractivity contribution is 5.82. The third-order valence-electron chi connectivity index (χ3n) is 3.87. The Kier molecular flexibility index (Phi) is 9.39. The van der Waals surface area contributed by atoms with Gasteiger partial charge in [0, 0.05) is 6.54 Å². The van der Waals surface area contributed by atoms with E-state index in [0.29, 0.717) is 32.2 Å². The van der Waals surface area contributed by atoms with Gasteiger partial charge in [0.2, 0.25) is 0 Å². The first-order chi connectivity index (χ1) is 13.1. The average Bonchev–Trinajstić information content (AvgIpc) is 3.07. The van der Waals surface area contributed by atoms with Gasteiger partial charge in [0.05, 0.1) is 6.61 Å². The molecule has 0 saturated carbocycles. The van der Waals surface area contributed by atoms with Gasteiger partial charge < -0.3 is 19.1 Å². The van der Waals surface area contributed by atoms with Crippen molar-refractivity contribution in [3.8, 4) is 0 Å². The molecule has 1 heterocycles. The molecule has 1 aliphatic rings. The van der Waals surface area contributed by atoms with Crippen LogP contribution in [-0.4, -0.2) is 59.6 Å². The number of ether oxygens (including phenoxy) is 2. The molecule has 1 saturated heterocycles. The second kappa shape index (κ2) is 11.2. The van der Waals surface area contributed by atoms with Crippen LogP contribution >= 0.6 is 0 Å². The summed E-state index contributed by atoms with van der Waals surface area (Å²) in [6.07, 6.45) is 0.806. The lowest BCUT2D eigenvalue weighted by Gasteiger charge is -2.27. The van der Waals surface area contributed by atoms with Crippen molar-refractivity contribution in [2.75, 3.05) is 19.8 Å². The van der Waals surface area contributed by atoms with Crippen LogP contribution in [0.5, 0.6) is 0 Å². The van der Waals surface area contributed by atoms with Gasteiger partial charge in [-0.05, 0) is 52.9 Å². The van der Waals surface area contributed by atoms with Crippen molar-refractivity contribution >= 4 is 12.1 Å². The van der Waals surface area contributed by atoms with Gasteiger partial charge in [-0.25, -0.2) is 9.59 Å². The highest BCUT2D eigenvalue weighted by Crippen LogP contribution is 2.22. The van der Waals surface area contributed by atoms with Crippen LogP contribution < -0.4 is 0 Å². The molecule has 0 aromatic rings. The highest BCUT2D eigenvalue weighted by Gasteiger charge is 2.37. The predicted octanol–water partition coefficient (Wildman–Crippen LogP) is 2.37. The topological polar surface area (TPSA) is 147 Å². The Morgan fingerprint density at radius 1 is 1.32 bits per heavy atom. The molecule has 0 bridgehead atoms. The SMILES string of the molecule is CC(C)(C)OC(=O)N1CCCC1C(=O)OCCCCC(CON=O)O[N+](=O)[O-]. The van der Waals surface area contributed by atoms with E-state index in [2.05, 4.69) is 15.0 Å². The van der Waals surface area contributed by atoms with Crippen molar-refractivity contribution in [3.05, 3.63) is 15.0 Å². The van der Waals surface area contributed by atoms with E-state index in [4.69, 9.17) is 9.47 Å². The van der Waals surface area contributed by atoms with E-state index < -0.39 is 34.9 Å². The van der Waals surface area contributed by atoms with Gasteiger partial charge in [-0.2, -0.15) is 0 Å². The number of carbonyl (C=O) groups excluding carboxylic acids is 2. The molecule has 28 heavy (non-hydrogen) atoms. The summed E-state index contributed by atoms with van der Waals surface area (Å²) in [6, 6.07) is -0.674. The third kappa shape index (κ3) is 8.82. The number of rotatable bonds is 11. The van der Waals surface area contributed by atoms with Crippen LogP contribution in [0.3, 0.4) is 0 Å². The summed E-state index contributed by atoms with van der Waals surface area (Å²) in [4.78, 5) is 54.7. The second-order valence-electron chi connectivity index (χ2n) is 7.32. The lowest BCUT2D eigenvalue weighted by molar-refractivity contribution is -0.769. The van der Waals surface area contributed by atoms with Crippen LogP contribution in [0.2, 0.25) is 0 Å². The second-order valence-corrected chi connectivity index (χ2v) is 7.32. The summed E-state index contributed by atoms with van der Waals surface area (Å²) in [5.41, 5.74) is -0.653. The standard InChI is InChI=1S/C16H27N3O9/c1-16(2,3)27-15(21)18-9-6-8-13(18)14(20)25-10-5-4-7-12(11-26-17-22)28-19(23)24/h12-13H,4-11H2,1-3H3. The number of carbonyl (C=O) groups is 2. The number of likely N-dealkylation sites (tertiary alicyclic amines) is 1. The van der Waals surface area contributed by atoms with Gasteiger partial charge in [-0.3, -0.25) is 4.90 Å². The molecule has 12 nitrogen and oxygen atoms in total. The molecular formula is C16H27N3O9. The van der Waals surface area contributed by atoms with Gasteiger partial charge >= 0.3 is 12.1 Å². The van der Waals surface area contributed by atoms with Gasteiger partial charge in [-0.1, -0.05) is 0 Å². The Morgan fingerprint density at radius 2 is 2.04 bits per heavy atom. The predicted molar refractivity (Wildman–Crippen MR) is 94.4 cm³/mol. The van der Waals surface area contributed by atoms with Crippen molar-refractivity contribution < 1.29 is 33.8 Å². The fraction of sp³-hybridized carbons (Fsp3) is 0.875. The Balaban J connectivity index is 2.35. The van der Waals surface area contributed by atoms with E-state index in [9.17, 15) is 24.6 Å². The van der Waals surface area contributed by atoms with Gasteiger partial charge in [0.15, 0.2) is 5.34 Å². The fourth-order valence-electron chi connectivity index (χ4n) is 2.70. The number of esters is 1. The summed E-state index contributed by atoms with van der Waals surface area (Å²) in [5.74, 6) is -0.505. The quantitative estimate of drug-likeness (QED) is 0.166. The molecule has 1 aliphatic heterocycles. The minimum absolute atomic E-state index is 0.0927. The normalized spacial score (nSPS) is 17.5. The monoisotopic (exact) mass is 405 g/mol. The smallest absolute Gasteiger partial charge is 0.411 e. The van der Waals surface area contributed by atoms with Crippen LogP contribution in [0.15, 0.2) is 5.34 Å². The summed E-state index contributed by atoms with van der Waals surface area (Å²) < 4.78 is 10.5. The summed E-state index contributed by atoms with van der Waals surface area (Å²) >= 11 is 0. The van der Waals surface area contributed by atoms with E-state index in [1.54, 1.807) is 20.8 Å². The molecule has 0 aliphatic carbocycles. The molecule has 0 aromatic heterocycles. The Bertz CT molecular complexity index is 550. The average molecular weight is 405 g/mol. The van der Waals surface area contributed by atoms with Crippen LogP contribution in [0.25, 0.3) is 0 Å². The molecule has 1 rings (SSSR count). The maximum Gasteiger partial charge on any atom is 0.411 e. The first-order valence-corrected chi connectivity index (χ1v) is 9.06. The summed E-state index contributed by atoms with van der Waals surface area (Å²) in [5, 5.41) is 11.6. The largest absolute Gasteiger partial charge is 0.464 e. The van der Waals surface area contributed by atoms with Crippen LogP contribution in [0.4, 0.5) is 4.79 Å². The molecule has 0 spiro atoms. The lowest BCUT2D eigenvalue weighted by Crippen LogP contribution is -2.44. The summed E-state index contributed by atoms with van der Waals surface area (Å²) in [7, 11) is 0. The zero-order valence-electron chi connectivity index (χ0n) is 16.3. The molecule has 1 amide bonds. The highest BCUT2D eigenvalue weighted by atomic mass is 17.0. The lowest BCUT2D eigenvalue weighted by atomic mass is 10.1. The maximum atomic E-state index is 12.3. The van der Waals surface area contributed by atoms with Crippen molar-refractivity contribution in [2.24, 2.45) is 5.34 Å². The summed E-state index contributed by atoms with van der Waals surface area (Å²) in [6.45, 7) is 5.44. The number of amides is 1. The van der Waals surface area contributed by atoms with E-state index >= 15 is 0 Å². The fourth-order valence-corrected chi connectivity index (χ4v) is 2.70. The number of hydrogen-bond donors (Lipinski definition) is 0. The minimum Gasteiger partial charge on any atom is -0.464 e. The van der Waals surface area contributed by atoms with Crippen molar-refractivity contribution in [1.82, 2.24) is 4.90 Å². The Hall–Kier alpha value is -2.66. The van der Waals surface area contributed by atoms with E-state index in [-0.39, 0.29) is 19.6 Å². The van der Waals surface area contributed by atoms with Crippen molar-refractivity contribution in [1.29, 1.82) is 0 Å². The zero-order valence-corrected chi connectivity index (χ0v) is 16.3. The first kappa shape index (κ1) is 23.4. The Labute approximate surface area is 162 Å².